The van der Waals surface area contributed by atoms with E-state index in [4.69, 9.17) is 16.3 Å². The van der Waals surface area contributed by atoms with Crippen LogP contribution in [-0.4, -0.2) is 48.7 Å². The molecule has 24 heavy (non-hydrogen) atoms. The zero-order valence-corrected chi connectivity index (χ0v) is 14.0. The van der Waals surface area contributed by atoms with Crippen molar-refractivity contribution >= 4 is 23.5 Å². The van der Waals surface area contributed by atoms with Gasteiger partial charge in [0.25, 0.3) is 5.91 Å². The van der Waals surface area contributed by atoms with Crippen molar-refractivity contribution in [1.29, 1.82) is 0 Å². The van der Waals surface area contributed by atoms with E-state index in [1.807, 2.05) is 29.2 Å². The minimum atomic E-state index is -0.169. The summed E-state index contributed by atoms with van der Waals surface area (Å²) >= 11 is 5.85. The highest BCUT2D eigenvalue weighted by Crippen LogP contribution is 2.10. The van der Waals surface area contributed by atoms with E-state index in [0.717, 1.165) is 25.1 Å². The van der Waals surface area contributed by atoms with Crippen LogP contribution in [0.3, 0.4) is 0 Å². The summed E-state index contributed by atoms with van der Waals surface area (Å²) in [6.07, 6.45) is 3.88. The van der Waals surface area contributed by atoms with Gasteiger partial charge in [-0.05, 0) is 24.1 Å². The average Bonchev–Trinajstić information content (AvgIpc) is 2.64. The highest BCUT2D eigenvalue weighted by atomic mass is 35.5. The first-order chi connectivity index (χ1) is 11.7. The molecule has 2 aromatic rings. The number of nitrogens with zero attached hydrogens (tertiary/aromatic N) is 3. The lowest BCUT2D eigenvalue weighted by molar-refractivity contribution is 0.0953. The molecule has 1 aliphatic heterocycles. The second-order valence-corrected chi connectivity index (χ2v) is 5.94. The molecule has 1 aliphatic rings. The number of hydrogen-bond acceptors (Lipinski definition) is 5. The third-order valence-corrected chi connectivity index (χ3v) is 4.06. The SMILES string of the molecule is O=C(NCCc1ccc(Cl)cc1)c1cnc(N2CCOCC2)nc1. The number of carbonyl (C=O) groups is 1. The number of nitrogens with one attached hydrogen (secondary N) is 1. The van der Waals surface area contributed by atoms with Gasteiger partial charge in [-0.3, -0.25) is 4.79 Å². The number of aromatic nitrogens is 2. The van der Waals surface area contributed by atoms with Crippen LogP contribution < -0.4 is 10.2 Å². The minimum absolute atomic E-state index is 0.169. The van der Waals surface area contributed by atoms with Crippen molar-refractivity contribution in [3.8, 4) is 0 Å². The van der Waals surface area contributed by atoms with E-state index in [-0.39, 0.29) is 5.91 Å². The monoisotopic (exact) mass is 346 g/mol. The molecule has 0 spiro atoms. The Labute approximate surface area is 145 Å². The lowest BCUT2D eigenvalue weighted by Gasteiger charge is -2.26. The Balaban J connectivity index is 1.50. The highest BCUT2D eigenvalue weighted by Gasteiger charge is 2.14. The summed E-state index contributed by atoms with van der Waals surface area (Å²) in [5.74, 6) is 0.466. The Morgan fingerprint density at radius 2 is 1.83 bits per heavy atom. The zero-order valence-electron chi connectivity index (χ0n) is 13.2. The molecular weight excluding hydrogens is 328 g/mol. The second kappa shape index (κ2) is 8.08. The van der Waals surface area contributed by atoms with E-state index < -0.39 is 0 Å². The summed E-state index contributed by atoms with van der Waals surface area (Å²) in [4.78, 5) is 22.7. The quantitative estimate of drug-likeness (QED) is 0.896. The van der Waals surface area contributed by atoms with Gasteiger partial charge in [-0.15, -0.1) is 0 Å². The van der Waals surface area contributed by atoms with Crippen LogP contribution in [0.15, 0.2) is 36.7 Å². The molecule has 2 heterocycles. The summed E-state index contributed by atoms with van der Waals surface area (Å²) in [6, 6.07) is 7.59. The summed E-state index contributed by atoms with van der Waals surface area (Å²) < 4.78 is 5.30. The highest BCUT2D eigenvalue weighted by molar-refractivity contribution is 6.30. The smallest absolute Gasteiger partial charge is 0.254 e. The molecule has 0 atom stereocenters. The van der Waals surface area contributed by atoms with Crippen molar-refractivity contribution in [2.24, 2.45) is 0 Å². The van der Waals surface area contributed by atoms with Gasteiger partial charge in [0.1, 0.15) is 0 Å². The van der Waals surface area contributed by atoms with Gasteiger partial charge in [-0.2, -0.15) is 0 Å². The van der Waals surface area contributed by atoms with Crippen molar-refractivity contribution in [1.82, 2.24) is 15.3 Å². The van der Waals surface area contributed by atoms with Gasteiger partial charge in [-0.25, -0.2) is 9.97 Å². The summed E-state index contributed by atoms with van der Waals surface area (Å²) in [5, 5.41) is 3.58. The molecule has 1 aromatic heterocycles. The lowest BCUT2D eigenvalue weighted by atomic mass is 10.1. The maximum Gasteiger partial charge on any atom is 0.254 e. The average molecular weight is 347 g/mol. The van der Waals surface area contributed by atoms with Crippen molar-refractivity contribution in [3.63, 3.8) is 0 Å². The molecule has 1 amide bonds. The van der Waals surface area contributed by atoms with Crippen LogP contribution in [0.4, 0.5) is 5.95 Å². The fraction of sp³-hybridized carbons (Fsp3) is 0.353. The van der Waals surface area contributed by atoms with Gasteiger partial charge < -0.3 is 15.0 Å². The first kappa shape index (κ1) is 16.7. The normalized spacial score (nSPS) is 14.5. The van der Waals surface area contributed by atoms with Crippen LogP contribution in [0.1, 0.15) is 15.9 Å². The van der Waals surface area contributed by atoms with Crippen LogP contribution in [0.5, 0.6) is 0 Å². The molecule has 126 valence electrons. The molecule has 1 N–H and O–H groups in total. The maximum atomic E-state index is 12.1. The van der Waals surface area contributed by atoms with Gasteiger partial charge in [-0.1, -0.05) is 23.7 Å². The molecule has 7 heteroatoms. The standard InChI is InChI=1S/C17H19ClN4O2/c18-15-3-1-13(2-4-15)5-6-19-16(23)14-11-20-17(21-12-14)22-7-9-24-10-8-22/h1-4,11-12H,5-10H2,(H,19,23). The first-order valence-corrected chi connectivity index (χ1v) is 8.27. The van der Waals surface area contributed by atoms with Crippen molar-refractivity contribution in [2.45, 2.75) is 6.42 Å². The largest absolute Gasteiger partial charge is 0.378 e. The topological polar surface area (TPSA) is 67.4 Å². The molecule has 3 rings (SSSR count). The van der Waals surface area contributed by atoms with Gasteiger partial charge in [0, 0.05) is 37.1 Å². The van der Waals surface area contributed by atoms with E-state index in [2.05, 4.69) is 15.3 Å². The molecule has 0 aliphatic carbocycles. The number of carbonyl (C=O) groups excluding carboxylic acids is 1. The van der Waals surface area contributed by atoms with Crippen molar-refractivity contribution in [2.75, 3.05) is 37.7 Å². The van der Waals surface area contributed by atoms with Gasteiger partial charge in [0.2, 0.25) is 5.95 Å². The Bertz CT molecular complexity index is 670. The molecule has 0 unspecified atom stereocenters. The molecule has 0 radical (unpaired) electrons. The summed E-state index contributed by atoms with van der Waals surface area (Å²) in [6.45, 7) is 3.44. The Morgan fingerprint density at radius 1 is 1.17 bits per heavy atom. The number of amides is 1. The van der Waals surface area contributed by atoms with E-state index in [1.165, 1.54) is 0 Å². The first-order valence-electron chi connectivity index (χ1n) is 7.90. The number of hydrogen-bond donors (Lipinski definition) is 1. The lowest BCUT2D eigenvalue weighted by Crippen LogP contribution is -2.37. The summed E-state index contributed by atoms with van der Waals surface area (Å²) in [5.41, 5.74) is 1.58. The number of halogens is 1. The van der Waals surface area contributed by atoms with Crippen LogP contribution in [-0.2, 0) is 11.2 Å². The number of anilines is 1. The predicted molar refractivity (Wildman–Crippen MR) is 92.6 cm³/mol. The number of ether oxygens (including phenoxy) is 1. The molecule has 6 nitrogen and oxygen atoms in total. The number of morpholine rings is 1. The molecule has 1 saturated heterocycles. The van der Waals surface area contributed by atoms with Crippen molar-refractivity contribution in [3.05, 3.63) is 52.8 Å². The zero-order chi connectivity index (χ0) is 16.8. The van der Waals surface area contributed by atoms with Crippen LogP contribution >= 0.6 is 11.6 Å². The molecule has 1 fully saturated rings. The number of benzene rings is 1. The maximum absolute atomic E-state index is 12.1. The van der Waals surface area contributed by atoms with Gasteiger partial charge >= 0.3 is 0 Å². The number of rotatable bonds is 5. The van der Waals surface area contributed by atoms with Gasteiger partial charge in [0.05, 0.1) is 18.8 Å². The van der Waals surface area contributed by atoms with Crippen LogP contribution in [0.2, 0.25) is 5.02 Å². The Hall–Kier alpha value is -2.18. The van der Waals surface area contributed by atoms with Crippen LogP contribution in [0.25, 0.3) is 0 Å². The second-order valence-electron chi connectivity index (χ2n) is 5.50. The Kier molecular flexibility index (Phi) is 5.61. The Morgan fingerprint density at radius 3 is 2.50 bits per heavy atom. The van der Waals surface area contributed by atoms with E-state index in [9.17, 15) is 4.79 Å². The molecule has 0 saturated carbocycles. The predicted octanol–water partition coefficient (Wildman–Crippen LogP) is 1.94. The minimum Gasteiger partial charge on any atom is -0.378 e. The fourth-order valence-corrected chi connectivity index (χ4v) is 2.56. The van der Waals surface area contributed by atoms with E-state index in [1.54, 1.807) is 12.4 Å². The van der Waals surface area contributed by atoms with Crippen LogP contribution in [0, 0.1) is 0 Å². The fourth-order valence-electron chi connectivity index (χ4n) is 2.44. The van der Waals surface area contributed by atoms with E-state index in [0.29, 0.717) is 36.3 Å². The van der Waals surface area contributed by atoms with Crippen molar-refractivity contribution < 1.29 is 9.53 Å². The van der Waals surface area contributed by atoms with Gasteiger partial charge in [0.15, 0.2) is 0 Å². The molecular formula is C17H19ClN4O2. The third kappa shape index (κ3) is 4.43. The molecule has 0 bridgehead atoms. The molecule has 1 aromatic carbocycles. The van der Waals surface area contributed by atoms with E-state index >= 15 is 0 Å². The summed E-state index contributed by atoms with van der Waals surface area (Å²) in [7, 11) is 0. The third-order valence-electron chi connectivity index (χ3n) is 3.81.